The van der Waals surface area contributed by atoms with Gasteiger partial charge in [0.2, 0.25) is 0 Å². The third kappa shape index (κ3) is 4.67. The van der Waals surface area contributed by atoms with Crippen molar-refractivity contribution in [3.8, 4) is 0 Å². The number of benzene rings is 2. The predicted octanol–water partition coefficient (Wildman–Crippen LogP) is 4.17. The lowest BCUT2D eigenvalue weighted by atomic mass is 10.2. The molecule has 0 fully saturated rings. The van der Waals surface area contributed by atoms with Crippen molar-refractivity contribution in [2.75, 3.05) is 0 Å². The molecule has 0 bridgehead atoms. The monoisotopic (exact) mass is 310 g/mol. The number of carbonyl (C=O) groups is 1. The second-order valence-corrected chi connectivity index (χ2v) is 11.1. The first kappa shape index (κ1) is 16.2. The van der Waals surface area contributed by atoms with Gasteiger partial charge >= 0.3 is 0 Å². The molecule has 114 valence electrons. The molecule has 2 rings (SSSR count). The summed E-state index contributed by atoms with van der Waals surface area (Å²) in [5.41, 5.74) is 2.95. The Morgan fingerprint density at radius 3 is 2.09 bits per heavy atom. The molecule has 0 atom stereocenters. The van der Waals surface area contributed by atoms with Gasteiger partial charge in [0.25, 0.3) is 0 Å². The first-order valence-corrected chi connectivity index (χ1v) is 10.8. The van der Waals surface area contributed by atoms with Crippen LogP contribution in [0.5, 0.6) is 0 Å². The zero-order valence-corrected chi connectivity index (χ0v) is 14.4. The highest BCUT2D eigenvalue weighted by Gasteiger charge is 2.22. The van der Waals surface area contributed by atoms with Crippen molar-refractivity contribution in [3.63, 3.8) is 0 Å². The van der Waals surface area contributed by atoms with E-state index >= 15 is 0 Å². The normalized spacial score (nSPS) is 11.6. The van der Waals surface area contributed by atoms with Crippen molar-refractivity contribution in [1.29, 1.82) is 0 Å². The average molecular weight is 310 g/mol. The van der Waals surface area contributed by atoms with Crippen LogP contribution < -0.4 is 0 Å². The summed E-state index contributed by atoms with van der Waals surface area (Å²) >= 11 is 0. The Labute approximate surface area is 133 Å². The molecule has 0 heterocycles. The van der Waals surface area contributed by atoms with Crippen LogP contribution in [0.4, 0.5) is 0 Å². The van der Waals surface area contributed by atoms with E-state index in [0.29, 0.717) is 5.56 Å². The first-order chi connectivity index (χ1) is 10.5. The molecule has 0 radical (unpaired) electrons. The van der Waals surface area contributed by atoms with Gasteiger partial charge in [-0.05, 0) is 11.1 Å². The largest absolute Gasteiger partial charge is 0.320 e. The third-order valence-corrected chi connectivity index (χ3v) is 5.19. The molecule has 0 saturated carbocycles. The summed E-state index contributed by atoms with van der Waals surface area (Å²) in [6.45, 7) is 7.66. The molecule has 4 heteroatoms. The molecule has 0 unspecified atom stereocenters. The fourth-order valence-corrected chi connectivity index (χ4v) is 3.07. The smallest absolute Gasteiger partial charge is 0.169 e. The van der Waals surface area contributed by atoms with Gasteiger partial charge in [-0.25, -0.2) is 0 Å². The topological polar surface area (TPSA) is 32.7 Å². The Balaban J connectivity index is 2.15. The summed E-state index contributed by atoms with van der Waals surface area (Å²) in [6, 6.07) is 17.8. The highest BCUT2D eigenvalue weighted by Crippen LogP contribution is 2.15. The van der Waals surface area contributed by atoms with Crippen LogP contribution in [-0.4, -0.2) is 25.4 Å². The second-order valence-electron chi connectivity index (χ2n) is 6.24. The maximum Gasteiger partial charge on any atom is 0.169 e. The summed E-state index contributed by atoms with van der Waals surface area (Å²) in [6.07, 6.45) is 2.72. The maximum atomic E-state index is 10.7. The Kier molecular flexibility index (Phi) is 5.28. The van der Waals surface area contributed by atoms with Gasteiger partial charge in [-0.15, -0.1) is 0 Å². The molecule has 0 aliphatic rings. The highest BCUT2D eigenvalue weighted by molar-refractivity contribution is 6.73. The quantitative estimate of drug-likeness (QED) is 0.347. The Bertz CT molecular complexity index is 630. The summed E-state index contributed by atoms with van der Waals surface area (Å²) in [5.74, 6) is 0. The van der Waals surface area contributed by atoms with Crippen LogP contribution in [0.15, 0.2) is 59.7 Å². The minimum absolute atomic E-state index is 0.684. The molecule has 2 aromatic rings. The minimum atomic E-state index is -1.56. The number of hydrogen-bond acceptors (Lipinski definition) is 3. The molecule has 0 spiro atoms. The molecule has 0 aromatic heterocycles. The predicted molar refractivity (Wildman–Crippen MR) is 94.8 cm³/mol. The summed E-state index contributed by atoms with van der Waals surface area (Å²) in [4.78, 5) is 10.7. The number of aldehydes is 1. The van der Waals surface area contributed by atoms with E-state index in [-0.39, 0.29) is 0 Å². The summed E-state index contributed by atoms with van der Waals surface area (Å²) < 4.78 is 2.20. The fourth-order valence-electron chi connectivity index (χ4n) is 2.00. The Hall–Kier alpha value is -2.20. The number of rotatable bonds is 6. The zero-order valence-electron chi connectivity index (χ0n) is 13.4. The van der Waals surface area contributed by atoms with Gasteiger partial charge < -0.3 is 4.67 Å². The molecule has 2 aromatic carbocycles. The lowest BCUT2D eigenvalue weighted by Gasteiger charge is -2.31. The number of hydrazone groups is 1. The van der Waals surface area contributed by atoms with Crippen LogP contribution in [0.3, 0.4) is 0 Å². The average Bonchev–Trinajstić information content (AvgIpc) is 2.52. The van der Waals surface area contributed by atoms with Gasteiger partial charge in [0, 0.05) is 5.56 Å². The van der Waals surface area contributed by atoms with Crippen LogP contribution in [0.25, 0.3) is 0 Å². The number of carbonyl (C=O) groups excluding carboxylic acids is 1. The van der Waals surface area contributed by atoms with E-state index in [1.165, 1.54) is 5.56 Å². The second kappa shape index (κ2) is 7.18. The van der Waals surface area contributed by atoms with Gasteiger partial charge in [0.15, 0.2) is 8.24 Å². The molecular formula is C18H22N2OSi. The molecule has 0 aliphatic heterocycles. The van der Waals surface area contributed by atoms with Crippen molar-refractivity contribution in [3.05, 3.63) is 71.3 Å². The van der Waals surface area contributed by atoms with Crippen molar-refractivity contribution in [1.82, 2.24) is 4.67 Å². The fraction of sp³-hybridized carbons (Fsp3) is 0.222. The molecule has 0 aliphatic carbocycles. The first-order valence-electron chi connectivity index (χ1n) is 7.40. The molecule has 3 nitrogen and oxygen atoms in total. The molecule has 22 heavy (non-hydrogen) atoms. The van der Waals surface area contributed by atoms with Crippen molar-refractivity contribution < 1.29 is 4.79 Å². The summed E-state index contributed by atoms with van der Waals surface area (Å²) in [7, 11) is -1.56. The van der Waals surface area contributed by atoms with E-state index < -0.39 is 8.24 Å². The molecular weight excluding hydrogens is 288 g/mol. The zero-order chi connectivity index (χ0) is 16.0. The lowest BCUT2D eigenvalue weighted by Crippen LogP contribution is -2.41. The van der Waals surface area contributed by atoms with Crippen LogP contribution in [0.2, 0.25) is 19.6 Å². The van der Waals surface area contributed by atoms with E-state index in [1.807, 2.05) is 36.5 Å². The Morgan fingerprint density at radius 2 is 1.55 bits per heavy atom. The van der Waals surface area contributed by atoms with Crippen LogP contribution >= 0.6 is 0 Å². The number of hydrogen-bond donors (Lipinski definition) is 0. The minimum Gasteiger partial charge on any atom is -0.320 e. The Morgan fingerprint density at radius 1 is 0.955 bits per heavy atom. The van der Waals surface area contributed by atoms with Crippen LogP contribution in [0, 0.1) is 0 Å². The standard InChI is InChI=1S/C18H22N2OSi/c1-22(2,3)20(14-17-7-5-4-6-8-17)19-13-16-9-11-18(15-21)12-10-16/h4-13,15H,14H2,1-3H3. The lowest BCUT2D eigenvalue weighted by molar-refractivity contribution is 0.112. The van der Waals surface area contributed by atoms with Crippen molar-refractivity contribution in [2.24, 2.45) is 5.10 Å². The van der Waals surface area contributed by atoms with E-state index in [2.05, 4.69) is 48.6 Å². The van der Waals surface area contributed by atoms with E-state index in [1.54, 1.807) is 0 Å². The molecule has 0 saturated heterocycles. The summed E-state index contributed by atoms with van der Waals surface area (Å²) in [5, 5.41) is 4.70. The molecule has 0 amide bonds. The van der Waals surface area contributed by atoms with Crippen molar-refractivity contribution in [2.45, 2.75) is 26.2 Å². The van der Waals surface area contributed by atoms with Crippen LogP contribution in [-0.2, 0) is 6.54 Å². The third-order valence-electron chi connectivity index (χ3n) is 3.37. The van der Waals surface area contributed by atoms with E-state index in [4.69, 9.17) is 5.10 Å². The van der Waals surface area contributed by atoms with Gasteiger partial charge in [-0.3, -0.25) is 4.79 Å². The maximum absolute atomic E-state index is 10.7. The highest BCUT2D eigenvalue weighted by atomic mass is 28.3. The molecule has 0 N–H and O–H groups in total. The van der Waals surface area contributed by atoms with Crippen molar-refractivity contribution >= 4 is 20.7 Å². The van der Waals surface area contributed by atoms with E-state index in [0.717, 1.165) is 18.4 Å². The van der Waals surface area contributed by atoms with E-state index in [9.17, 15) is 4.79 Å². The van der Waals surface area contributed by atoms with Crippen LogP contribution in [0.1, 0.15) is 21.5 Å². The van der Waals surface area contributed by atoms with Gasteiger partial charge in [0.1, 0.15) is 6.29 Å². The number of nitrogens with zero attached hydrogens (tertiary/aromatic N) is 2. The van der Waals surface area contributed by atoms with Gasteiger partial charge in [-0.1, -0.05) is 74.2 Å². The SMILES string of the molecule is C[Si](C)(C)N(Cc1ccccc1)N=Cc1ccc(C=O)cc1. The van der Waals surface area contributed by atoms with Gasteiger partial charge in [-0.2, -0.15) is 5.10 Å². The van der Waals surface area contributed by atoms with Gasteiger partial charge in [0.05, 0.1) is 12.8 Å².